The fraction of sp³-hybridized carbons (Fsp3) is 0.556. The molecule has 2 aromatic rings. The summed E-state index contributed by atoms with van der Waals surface area (Å²) in [7, 11) is 1.70. The number of pyridine rings is 1. The molecule has 6 nitrogen and oxygen atoms in total. The summed E-state index contributed by atoms with van der Waals surface area (Å²) in [6.07, 6.45) is 9.87. The van der Waals surface area contributed by atoms with E-state index in [0.29, 0.717) is 11.8 Å². The molecule has 178 valence electrons. The number of amides is 1. The summed E-state index contributed by atoms with van der Waals surface area (Å²) in [5.74, 6) is 3.70. The van der Waals surface area contributed by atoms with Crippen LogP contribution in [0.25, 0.3) is 0 Å². The first-order chi connectivity index (χ1) is 16.0. The first-order valence-corrected chi connectivity index (χ1v) is 12.2. The zero-order chi connectivity index (χ0) is 23.2. The number of benzene rings is 1. The molecular formula is C27H36N2O4. The van der Waals surface area contributed by atoms with Gasteiger partial charge in [0.2, 0.25) is 5.91 Å². The maximum absolute atomic E-state index is 11.3. The van der Waals surface area contributed by atoms with Crippen molar-refractivity contribution in [1.29, 1.82) is 0 Å². The van der Waals surface area contributed by atoms with Crippen LogP contribution in [0.2, 0.25) is 0 Å². The summed E-state index contributed by atoms with van der Waals surface area (Å²) in [6, 6.07) is 10.0. The second-order valence-electron chi connectivity index (χ2n) is 9.54. The van der Waals surface area contributed by atoms with E-state index in [0.717, 1.165) is 60.8 Å². The number of methoxy groups -OCH3 is 1. The Labute approximate surface area is 197 Å². The minimum Gasteiger partial charge on any atom is -0.495 e. The van der Waals surface area contributed by atoms with E-state index in [4.69, 9.17) is 14.2 Å². The Morgan fingerprint density at radius 2 is 1.91 bits per heavy atom. The van der Waals surface area contributed by atoms with Gasteiger partial charge in [-0.3, -0.25) is 9.78 Å². The Morgan fingerprint density at radius 1 is 1.12 bits per heavy atom. The molecule has 1 aromatic heterocycles. The van der Waals surface area contributed by atoms with Gasteiger partial charge in [-0.05, 0) is 81.4 Å². The summed E-state index contributed by atoms with van der Waals surface area (Å²) >= 11 is 0. The predicted molar refractivity (Wildman–Crippen MR) is 128 cm³/mol. The third kappa shape index (κ3) is 6.86. The maximum atomic E-state index is 11.3. The normalized spacial score (nSPS) is 21.2. The largest absolute Gasteiger partial charge is 0.495 e. The maximum Gasteiger partial charge on any atom is 0.217 e. The molecule has 3 unspecified atom stereocenters. The highest BCUT2D eigenvalue weighted by Gasteiger charge is 2.26. The van der Waals surface area contributed by atoms with E-state index in [9.17, 15) is 4.79 Å². The van der Waals surface area contributed by atoms with Gasteiger partial charge in [-0.25, -0.2) is 0 Å². The molecule has 2 fully saturated rings. The Bertz CT molecular complexity index is 926. The summed E-state index contributed by atoms with van der Waals surface area (Å²) < 4.78 is 17.8. The van der Waals surface area contributed by atoms with Crippen LogP contribution in [0.3, 0.4) is 0 Å². The number of nitrogens with zero attached hydrogens (tertiary/aromatic N) is 1. The van der Waals surface area contributed by atoms with Crippen LogP contribution in [0.1, 0.15) is 69.7 Å². The number of ether oxygens (including phenoxy) is 3. The topological polar surface area (TPSA) is 69.7 Å². The number of aromatic nitrogens is 1. The zero-order valence-electron chi connectivity index (χ0n) is 20.0. The van der Waals surface area contributed by atoms with Crippen molar-refractivity contribution in [2.45, 2.75) is 70.9 Å². The van der Waals surface area contributed by atoms with Gasteiger partial charge in [-0.15, -0.1) is 0 Å². The molecule has 2 aliphatic rings. The molecule has 1 aromatic carbocycles. The van der Waals surface area contributed by atoms with Gasteiger partial charge in [0.15, 0.2) is 0 Å². The molecule has 4 rings (SSSR count). The van der Waals surface area contributed by atoms with Crippen LogP contribution in [0.15, 0.2) is 36.5 Å². The van der Waals surface area contributed by atoms with Crippen LogP contribution in [0.4, 0.5) is 0 Å². The third-order valence-electron chi connectivity index (χ3n) is 6.63. The summed E-state index contributed by atoms with van der Waals surface area (Å²) in [4.78, 5) is 16.0. The van der Waals surface area contributed by atoms with Gasteiger partial charge in [-0.1, -0.05) is 12.1 Å². The monoisotopic (exact) mass is 452 g/mol. The Morgan fingerprint density at radius 3 is 2.61 bits per heavy atom. The lowest BCUT2D eigenvalue weighted by Gasteiger charge is -2.30. The smallest absolute Gasteiger partial charge is 0.217 e. The molecular weight excluding hydrogens is 416 g/mol. The highest BCUT2D eigenvalue weighted by molar-refractivity contribution is 5.73. The predicted octanol–water partition coefficient (Wildman–Crippen LogP) is 5.26. The lowest BCUT2D eigenvalue weighted by atomic mass is 9.84. The van der Waals surface area contributed by atoms with Crippen LogP contribution in [-0.2, 0) is 11.2 Å². The van der Waals surface area contributed by atoms with E-state index in [2.05, 4.69) is 10.3 Å². The molecule has 33 heavy (non-hydrogen) atoms. The summed E-state index contributed by atoms with van der Waals surface area (Å²) in [5.41, 5.74) is 2.07. The first-order valence-electron chi connectivity index (χ1n) is 12.2. The minimum absolute atomic E-state index is 0.0106. The average molecular weight is 453 g/mol. The Kier molecular flexibility index (Phi) is 7.73. The van der Waals surface area contributed by atoms with Gasteiger partial charge in [0, 0.05) is 13.0 Å². The van der Waals surface area contributed by atoms with Crippen molar-refractivity contribution in [3.05, 3.63) is 47.8 Å². The van der Waals surface area contributed by atoms with Crippen LogP contribution in [0.5, 0.6) is 17.2 Å². The minimum atomic E-state index is -0.0254. The highest BCUT2D eigenvalue weighted by atomic mass is 16.5. The van der Waals surface area contributed by atoms with Gasteiger partial charge in [-0.2, -0.15) is 0 Å². The fourth-order valence-electron chi connectivity index (χ4n) is 4.59. The van der Waals surface area contributed by atoms with Crippen LogP contribution in [-0.4, -0.2) is 30.7 Å². The molecule has 2 aliphatic carbocycles. The average Bonchev–Trinajstić information content (AvgIpc) is 3.63. The van der Waals surface area contributed by atoms with Crippen molar-refractivity contribution in [2.75, 3.05) is 13.7 Å². The van der Waals surface area contributed by atoms with E-state index >= 15 is 0 Å². The number of carbonyl (C=O) groups is 1. The van der Waals surface area contributed by atoms with Crippen LogP contribution in [0, 0.1) is 11.8 Å². The Balaban J connectivity index is 1.31. The van der Waals surface area contributed by atoms with Crippen molar-refractivity contribution < 1.29 is 19.0 Å². The molecule has 0 aliphatic heterocycles. The van der Waals surface area contributed by atoms with Crippen molar-refractivity contribution in [3.8, 4) is 17.2 Å². The number of carbonyl (C=O) groups excluding carboxylic acids is 1. The van der Waals surface area contributed by atoms with Crippen LogP contribution < -0.4 is 19.5 Å². The third-order valence-corrected chi connectivity index (χ3v) is 6.63. The quantitative estimate of drug-likeness (QED) is 0.533. The van der Waals surface area contributed by atoms with E-state index in [1.54, 1.807) is 7.11 Å². The number of hydrogen-bond donors (Lipinski definition) is 1. The van der Waals surface area contributed by atoms with E-state index < -0.39 is 0 Å². The second kappa shape index (κ2) is 10.9. The molecule has 0 radical (unpaired) electrons. The van der Waals surface area contributed by atoms with Gasteiger partial charge >= 0.3 is 0 Å². The molecule has 1 heterocycles. The standard InChI is InChI=1S/C27H36N2O4/c1-18(29-19(2)30)22-9-11-23(12-10-22)33-24-6-4-5-21(13-24)14-26-27(31-3)15-25(16-28-26)32-17-20-7-8-20/h9-12,15-16,18,20-21,24H,4-8,13-14,17H2,1-3H3,(H,29,30). The van der Waals surface area contributed by atoms with Gasteiger partial charge in [0.05, 0.1) is 37.8 Å². The van der Waals surface area contributed by atoms with Crippen molar-refractivity contribution >= 4 is 5.91 Å². The molecule has 0 spiro atoms. The van der Waals surface area contributed by atoms with Gasteiger partial charge < -0.3 is 19.5 Å². The van der Waals surface area contributed by atoms with E-state index in [1.165, 1.54) is 26.2 Å². The SMILES string of the molecule is COc1cc(OCC2CC2)cnc1CC1CCCC(Oc2ccc(C(C)NC(C)=O)cc2)C1. The molecule has 0 bridgehead atoms. The number of nitrogens with one attached hydrogen (secondary N) is 1. The number of hydrogen-bond acceptors (Lipinski definition) is 5. The molecule has 3 atom stereocenters. The highest BCUT2D eigenvalue weighted by Crippen LogP contribution is 2.34. The molecule has 2 saturated carbocycles. The first kappa shape index (κ1) is 23.4. The second-order valence-corrected chi connectivity index (χ2v) is 9.54. The van der Waals surface area contributed by atoms with Gasteiger partial charge in [0.1, 0.15) is 17.2 Å². The van der Waals surface area contributed by atoms with E-state index in [1.807, 2.05) is 43.5 Å². The number of rotatable bonds is 10. The fourth-order valence-corrected chi connectivity index (χ4v) is 4.59. The molecule has 1 amide bonds. The van der Waals surface area contributed by atoms with Crippen molar-refractivity contribution in [1.82, 2.24) is 10.3 Å². The van der Waals surface area contributed by atoms with Crippen molar-refractivity contribution in [3.63, 3.8) is 0 Å². The lowest BCUT2D eigenvalue weighted by molar-refractivity contribution is -0.119. The summed E-state index contributed by atoms with van der Waals surface area (Å²) in [6.45, 7) is 4.30. The Hall–Kier alpha value is -2.76. The van der Waals surface area contributed by atoms with Gasteiger partial charge in [0.25, 0.3) is 0 Å². The van der Waals surface area contributed by atoms with E-state index in [-0.39, 0.29) is 18.1 Å². The van der Waals surface area contributed by atoms with Crippen LogP contribution >= 0.6 is 0 Å². The molecule has 0 saturated heterocycles. The molecule has 6 heteroatoms. The van der Waals surface area contributed by atoms with Crippen molar-refractivity contribution in [2.24, 2.45) is 11.8 Å². The zero-order valence-corrected chi connectivity index (χ0v) is 20.0. The summed E-state index contributed by atoms with van der Waals surface area (Å²) in [5, 5.41) is 2.91. The lowest BCUT2D eigenvalue weighted by Crippen LogP contribution is -2.27. The molecule has 1 N–H and O–H groups in total.